The molecule has 0 fully saturated rings. The number of rotatable bonds is 3. The largest absolute Gasteiger partial charge is 0.506 e. The Morgan fingerprint density at radius 2 is 1.56 bits per heavy atom. The molecule has 0 atom stereocenters. The molecule has 1 amide bonds. The number of carbonyl (C=O) groups excluding carboxylic acids is 2. The van der Waals surface area contributed by atoms with Gasteiger partial charge < -0.3 is 10.4 Å². The van der Waals surface area contributed by atoms with Gasteiger partial charge in [0.2, 0.25) is 5.78 Å². The minimum atomic E-state index is -0.563. The second kappa shape index (κ2) is 5.91. The van der Waals surface area contributed by atoms with E-state index in [1.165, 1.54) is 0 Å². The molecule has 3 aromatic rings. The van der Waals surface area contributed by atoms with Gasteiger partial charge >= 0.3 is 0 Å². The second-order valence-corrected chi connectivity index (χ2v) is 5.92. The van der Waals surface area contributed by atoms with E-state index in [9.17, 15) is 14.7 Å². The first kappa shape index (κ1) is 15.1. The molecular weight excluding hydrogens is 314 g/mol. The molecule has 3 aromatic carbocycles. The third kappa shape index (κ3) is 2.48. The molecule has 25 heavy (non-hydrogen) atoms. The van der Waals surface area contributed by atoms with Crippen molar-refractivity contribution in [3.63, 3.8) is 0 Å². The molecule has 0 aliphatic heterocycles. The highest BCUT2D eigenvalue weighted by atomic mass is 16.3. The predicted molar refractivity (Wildman–Crippen MR) is 96.1 cm³/mol. The molecule has 4 nitrogen and oxygen atoms in total. The number of nitrogens with one attached hydrogen (secondary N) is 1. The van der Waals surface area contributed by atoms with Crippen LogP contribution in [0.1, 0.15) is 21.5 Å². The maximum atomic E-state index is 12.5. The Labute approximate surface area is 144 Å². The predicted octanol–water partition coefficient (Wildman–Crippen LogP) is 3.62. The Morgan fingerprint density at radius 1 is 0.880 bits per heavy atom. The number of fused-ring (bicyclic) bond motifs is 2. The zero-order valence-corrected chi connectivity index (χ0v) is 13.3. The maximum absolute atomic E-state index is 12.5. The molecule has 0 saturated heterocycles. The van der Waals surface area contributed by atoms with Crippen molar-refractivity contribution >= 4 is 28.2 Å². The molecule has 0 saturated carbocycles. The van der Waals surface area contributed by atoms with Gasteiger partial charge in [0.25, 0.3) is 5.91 Å². The van der Waals surface area contributed by atoms with Gasteiger partial charge in [-0.15, -0.1) is 0 Å². The molecule has 4 rings (SSSR count). The highest BCUT2D eigenvalue weighted by molar-refractivity contribution is 6.33. The fourth-order valence-corrected chi connectivity index (χ4v) is 3.19. The van der Waals surface area contributed by atoms with Crippen LogP contribution in [0.2, 0.25) is 0 Å². The molecule has 0 unspecified atom stereocenters. The van der Waals surface area contributed by atoms with Crippen LogP contribution in [-0.2, 0) is 11.3 Å². The first-order valence-corrected chi connectivity index (χ1v) is 7.99. The van der Waals surface area contributed by atoms with Crippen molar-refractivity contribution in [2.75, 3.05) is 0 Å². The van der Waals surface area contributed by atoms with Gasteiger partial charge in [0.15, 0.2) is 0 Å². The van der Waals surface area contributed by atoms with Crippen molar-refractivity contribution in [3.8, 4) is 0 Å². The summed E-state index contributed by atoms with van der Waals surface area (Å²) >= 11 is 0. The molecule has 122 valence electrons. The van der Waals surface area contributed by atoms with E-state index in [-0.39, 0.29) is 17.9 Å². The molecule has 0 bridgehead atoms. The number of Topliss-reactive ketones (excluding diaryl/α,β-unsaturated/α-hetero) is 1. The van der Waals surface area contributed by atoms with Gasteiger partial charge in [-0.05, 0) is 16.3 Å². The normalized spacial score (nSPS) is 13.2. The number of amides is 1. The van der Waals surface area contributed by atoms with E-state index in [2.05, 4.69) is 5.32 Å². The molecule has 0 spiro atoms. The molecular formula is C21H15NO3. The number of hydrogen-bond donors (Lipinski definition) is 2. The number of ketones is 1. The minimum absolute atomic E-state index is 0.193. The van der Waals surface area contributed by atoms with Gasteiger partial charge in [-0.1, -0.05) is 66.7 Å². The lowest BCUT2D eigenvalue weighted by Crippen LogP contribution is -2.27. The van der Waals surface area contributed by atoms with Crippen LogP contribution in [0.15, 0.2) is 72.3 Å². The van der Waals surface area contributed by atoms with Gasteiger partial charge in [0, 0.05) is 17.7 Å². The SMILES string of the molecule is O=C(NCc1cccc2ccccc12)C1=C(O)c2ccccc2C1=O. The van der Waals surface area contributed by atoms with Gasteiger partial charge in [-0.3, -0.25) is 9.59 Å². The molecule has 2 N–H and O–H groups in total. The van der Waals surface area contributed by atoms with Gasteiger partial charge in [0.05, 0.1) is 0 Å². The number of benzene rings is 3. The van der Waals surface area contributed by atoms with E-state index in [1.807, 2.05) is 42.5 Å². The zero-order valence-electron chi connectivity index (χ0n) is 13.3. The van der Waals surface area contributed by atoms with Crippen LogP contribution in [0.4, 0.5) is 0 Å². The summed E-state index contributed by atoms with van der Waals surface area (Å²) in [4.78, 5) is 24.9. The van der Waals surface area contributed by atoms with Crippen molar-refractivity contribution < 1.29 is 14.7 Å². The molecule has 0 radical (unpaired) electrons. The lowest BCUT2D eigenvalue weighted by Gasteiger charge is -2.09. The zero-order chi connectivity index (χ0) is 17.4. The van der Waals surface area contributed by atoms with Crippen LogP contribution < -0.4 is 5.32 Å². The fraction of sp³-hybridized carbons (Fsp3) is 0.0476. The summed E-state index contributed by atoms with van der Waals surface area (Å²) in [5, 5.41) is 15.1. The monoisotopic (exact) mass is 329 g/mol. The van der Waals surface area contributed by atoms with Crippen molar-refractivity contribution in [1.29, 1.82) is 0 Å². The Morgan fingerprint density at radius 3 is 2.36 bits per heavy atom. The third-order valence-corrected chi connectivity index (χ3v) is 4.44. The fourth-order valence-electron chi connectivity index (χ4n) is 3.19. The Hall–Kier alpha value is -3.40. The average molecular weight is 329 g/mol. The van der Waals surface area contributed by atoms with Crippen LogP contribution in [0, 0.1) is 0 Å². The number of hydrogen-bond acceptors (Lipinski definition) is 3. The Kier molecular flexibility index (Phi) is 3.58. The molecule has 0 heterocycles. The summed E-state index contributed by atoms with van der Waals surface area (Å²) in [6.45, 7) is 0.278. The third-order valence-electron chi connectivity index (χ3n) is 4.44. The van der Waals surface area contributed by atoms with Crippen LogP contribution in [0.25, 0.3) is 16.5 Å². The van der Waals surface area contributed by atoms with E-state index >= 15 is 0 Å². The maximum Gasteiger partial charge on any atom is 0.259 e. The quantitative estimate of drug-likeness (QED) is 0.721. The van der Waals surface area contributed by atoms with Crippen molar-refractivity contribution in [2.24, 2.45) is 0 Å². The summed E-state index contributed by atoms with van der Waals surface area (Å²) < 4.78 is 0. The van der Waals surface area contributed by atoms with Crippen LogP contribution in [0.5, 0.6) is 0 Å². The Balaban J connectivity index is 1.59. The van der Waals surface area contributed by atoms with E-state index in [1.54, 1.807) is 24.3 Å². The van der Waals surface area contributed by atoms with Crippen LogP contribution >= 0.6 is 0 Å². The summed E-state index contributed by atoms with van der Waals surface area (Å²) in [6.07, 6.45) is 0. The minimum Gasteiger partial charge on any atom is -0.506 e. The average Bonchev–Trinajstić information content (AvgIpc) is 2.91. The first-order valence-electron chi connectivity index (χ1n) is 7.99. The van der Waals surface area contributed by atoms with Gasteiger partial charge in [0.1, 0.15) is 11.3 Å². The van der Waals surface area contributed by atoms with Crippen LogP contribution in [0.3, 0.4) is 0 Å². The lowest BCUT2D eigenvalue weighted by molar-refractivity contribution is -0.117. The molecule has 1 aliphatic rings. The lowest BCUT2D eigenvalue weighted by atomic mass is 10.0. The molecule has 0 aromatic heterocycles. The van der Waals surface area contributed by atoms with Crippen molar-refractivity contribution in [3.05, 3.63) is 89.0 Å². The summed E-state index contributed by atoms with van der Waals surface area (Å²) in [5.74, 6) is -1.26. The first-order chi connectivity index (χ1) is 12.2. The van der Waals surface area contributed by atoms with Gasteiger partial charge in [-0.2, -0.15) is 0 Å². The van der Waals surface area contributed by atoms with E-state index in [0.29, 0.717) is 11.1 Å². The van der Waals surface area contributed by atoms with E-state index in [4.69, 9.17) is 0 Å². The number of aliphatic hydroxyl groups is 1. The molecule has 4 heteroatoms. The van der Waals surface area contributed by atoms with E-state index < -0.39 is 11.7 Å². The second-order valence-electron chi connectivity index (χ2n) is 5.92. The highest BCUT2D eigenvalue weighted by Crippen LogP contribution is 2.30. The summed E-state index contributed by atoms with van der Waals surface area (Å²) in [7, 11) is 0. The van der Waals surface area contributed by atoms with Crippen molar-refractivity contribution in [1.82, 2.24) is 5.32 Å². The smallest absolute Gasteiger partial charge is 0.259 e. The summed E-state index contributed by atoms with van der Waals surface area (Å²) in [6, 6.07) is 20.4. The van der Waals surface area contributed by atoms with Crippen LogP contribution in [-0.4, -0.2) is 16.8 Å². The highest BCUT2D eigenvalue weighted by Gasteiger charge is 2.33. The summed E-state index contributed by atoms with van der Waals surface area (Å²) in [5.41, 5.74) is 1.52. The standard InChI is InChI=1S/C21H15NO3/c23-19-16-10-3-4-11-17(16)20(24)18(19)21(25)22-12-14-8-5-7-13-6-1-2-9-15(13)14/h1-11,23H,12H2,(H,22,25). The van der Waals surface area contributed by atoms with Crippen molar-refractivity contribution in [2.45, 2.75) is 6.54 Å². The van der Waals surface area contributed by atoms with Gasteiger partial charge in [-0.25, -0.2) is 0 Å². The van der Waals surface area contributed by atoms with E-state index in [0.717, 1.165) is 16.3 Å². The number of carbonyl (C=O) groups is 2. The topological polar surface area (TPSA) is 66.4 Å². The Bertz CT molecular complexity index is 1040. The number of aliphatic hydroxyl groups excluding tert-OH is 1. The molecule has 1 aliphatic carbocycles.